The maximum atomic E-state index is 10.4. The van der Waals surface area contributed by atoms with Gasteiger partial charge in [-0.15, -0.1) is 0 Å². The summed E-state index contributed by atoms with van der Waals surface area (Å²) < 4.78 is 0. The largest absolute Gasteiger partial charge is 0.366 e. The van der Waals surface area contributed by atoms with Crippen LogP contribution in [0.15, 0.2) is 11.6 Å². The van der Waals surface area contributed by atoms with Gasteiger partial charge in [-0.05, 0) is 19.0 Å². The van der Waals surface area contributed by atoms with E-state index in [4.69, 9.17) is 11.5 Å². The molecule has 0 aliphatic heterocycles. The standard InChI is InChI=1S/C6H10N2O2/c7-3-1-5(2-4-9)6(8)10/h2,4H,1,3,7H2,(H2,8,10). The summed E-state index contributed by atoms with van der Waals surface area (Å²) in [7, 11) is 0. The third-order valence-corrected chi connectivity index (χ3v) is 0.999. The molecule has 0 saturated carbocycles. The fourth-order valence-corrected chi connectivity index (χ4v) is 0.526. The molecule has 0 saturated heterocycles. The Morgan fingerprint density at radius 1 is 1.50 bits per heavy atom. The van der Waals surface area contributed by atoms with E-state index in [1.54, 1.807) is 0 Å². The monoisotopic (exact) mass is 142 g/mol. The predicted octanol–water partition coefficient (Wildman–Crippen LogP) is -1.05. The van der Waals surface area contributed by atoms with Crippen LogP contribution in [0.5, 0.6) is 0 Å². The Kier molecular flexibility index (Phi) is 4.15. The zero-order valence-electron chi connectivity index (χ0n) is 5.54. The lowest BCUT2D eigenvalue weighted by Gasteiger charge is -1.96. The van der Waals surface area contributed by atoms with Gasteiger partial charge in [0.05, 0.1) is 0 Å². The van der Waals surface area contributed by atoms with E-state index >= 15 is 0 Å². The number of carbonyl (C=O) groups is 2. The molecule has 0 aromatic heterocycles. The molecule has 1 amide bonds. The van der Waals surface area contributed by atoms with E-state index < -0.39 is 5.91 Å². The molecule has 0 radical (unpaired) electrons. The molecule has 0 aromatic rings. The summed E-state index contributed by atoms with van der Waals surface area (Å²) in [6.07, 6.45) is 2.01. The van der Waals surface area contributed by atoms with Crippen LogP contribution in [0.2, 0.25) is 0 Å². The number of nitrogens with two attached hydrogens (primary N) is 2. The molecule has 0 unspecified atom stereocenters. The van der Waals surface area contributed by atoms with Crippen LogP contribution in [0.1, 0.15) is 6.42 Å². The second-order valence-electron chi connectivity index (χ2n) is 1.73. The molecule has 0 fully saturated rings. The molecule has 4 nitrogen and oxygen atoms in total. The first-order chi connectivity index (χ1) is 4.72. The van der Waals surface area contributed by atoms with Crippen LogP contribution in [-0.2, 0) is 9.59 Å². The first kappa shape index (κ1) is 8.84. The van der Waals surface area contributed by atoms with E-state index in [0.29, 0.717) is 19.3 Å². The molecule has 56 valence electrons. The summed E-state index contributed by atoms with van der Waals surface area (Å²) in [5.74, 6) is -0.586. The number of hydrogen-bond acceptors (Lipinski definition) is 3. The summed E-state index contributed by atoms with van der Waals surface area (Å²) in [5, 5.41) is 0. The number of aldehydes is 1. The van der Waals surface area contributed by atoms with Crippen molar-refractivity contribution in [1.29, 1.82) is 0 Å². The van der Waals surface area contributed by atoms with Gasteiger partial charge in [0.2, 0.25) is 5.91 Å². The first-order valence-electron chi connectivity index (χ1n) is 2.86. The Labute approximate surface area is 58.9 Å². The van der Waals surface area contributed by atoms with Crippen LogP contribution >= 0.6 is 0 Å². The minimum Gasteiger partial charge on any atom is -0.366 e. The van der Waals surface area contributed by atoms with Crippen LogP contribution in [0.4, 0.5) is 0 Å². The molecule has 4 heteroatoms. The number of hydrogen-bond donors (Lipinski definition) is 2. The number of allylic oxidation sites excluding steroid dienone is 1. The highest BCUT2D eigenvalue weighted by Gasteiger charge is 2.01. The van der Waals surface area contributed by atoms with Gasteiger partial charge in [0.1, 0.15) is 6.29 Å². The average molecular weight is 142 g/mol. The fraction of sp³-hybridized carbons (Fsp3) is 0.333. The Morgan fingerprint density at radius 2 is 2.10 bits per heavy atom. The van der Waals surface area contributed by atoms with Gasteiger partial charge in [-0.3, -0.25) is 9.59 Å². The van der Waals surface area contributed by atoms with Gasteiger partial charge in [-0.2, -0.15) is 0 Å². The minimum absolute atomic E-state index is 0.275. The normalized spacial score (nSPS) is 11.1. The predicted molar refractivity (Wildman–Crippen MR) is 37.0 cm³/mol. The molecule has 0 aliphatic rings. The van der Waals surface area contributed by atoms with E-state index in [-0.39, 0.29) is 5.57 Å². The third-order valence-electron chi connectivity index (χ3n) is 0.999. The number of amides is 1. The minimum atomic E-state index is -0.586. The lowest BCUT2D eigenvalue weighted by molar-refractivity contribution is -0.115. The molecule has 0 rings (SSSR count). The third kappa shape index (κ3) is 2.99. The van der Waals surface area contributed by atoms with Crippen molar-refractivity contribution in [3.8, 4) is 0 Å². The molecular formula is C6H10N2O2. The summed E-state index contributed by atoms with van der Waals surface area (Å²) in [6.45, 7) is 0.322. The Hall–Kier alpha value is -1.16. The molecule has 0 bridgehead atoms. The van der Waals surface area contributed by atoms with Gasteiger partial charge in [0.25, 0.3) is 0 Å². The van der Waals surface area contributed by atoms with Crippen LogP contribution in [0.3, 0.4) is 0 Å². The first-order valence-corrected chi connectivity index (χ1v) is 2.86. The highest BCUT2D eigenvalue weighted by molar-refractivity contribution is 5.95. The van der Waals surface area contributed by atoms with Crippen molar-refractivity contribution in [1.82, 2.24) is 0 Å². The SMILES string of the molecule is NCCC(=CC=O)C(N)=O. The van der Waals surface area contributed by atoms with Crippen molar-refractivity contribution in [2.75, 3.05) is 6.54 Å². The molecule has 10 heavy (non-hydrogen) atoms. The van der Waals surface area contributed by atoms with Crippen LogP contribution < -0.4 is 11.5 Å². The summed E-state index contributed by atoms with van der Waals surface area (Å²) in [4.78, 5) is 20.3. The van der Waals surface area contributed by atoms with E-state index in [2.05, 4.69) is 0 Å². The van der Waals surface area contributed by atoms with E-state index in [0.717, 1.165) is 6.08 Å². The van der Waals surface area contributed by atoms with E-state index in [1.807, 2.05) is 0 Å². The van der Waals surface area contributed by atoms with Crippen molar-refractivity contribution >= 4 is 12.2 Å². The second kappa shape index (κ2) is 4.69. The van der Waals surface area contributed by atoms with Crippen molar-refractivity contribution < 1.29 is 9.59 Å². The smallest absolute Gasteiger partial charge is 0.244 e. The maximum absolute atomic E-state index is 10.4. The molecule has 0 heterocycles. The fourth-order valence-electron chi connectivity index (χ4n) is 0.526. The highest BCUT2D eigenvalue weighted by atomic mass is 16.1. The zero-order valence-corrected chi connectivity index (χ0v) is 5.54. The van der Waals surface area contributed by atoms with Gasteiger partial charge in [-0.25, -0.2) is 0 Å². The van der Waals surface area contributed by atoms with Crippen molar-refractivity contribution in [2.24, 2.45) is 11.5 Å². The second-order valence-corrected chi connectivity index (χ2v) is 1.73. The van der Waals surface area contributed by atoms with Crippen LogP contribution in [0.25, 0.3) is 0 Å². The van der Waals surface area contributed by atoms with Crippen molar-refractivity contribution in [2.45, 2.75) is 6.42 Å². The summed E-state index contributed by atoms with van der Waals surface area (Å²) in [6, 6.07) is 0. The van der Waals surface area contributed by atoms with Crippen molar-refractivity contribution in [3.63, 3.8) is 0 Å². The number of carbonyl (C=O) groups excluding carboxylic acids is 2. The Balaban J connectivity index is 4.11. The van der Waals surface area contributed by atoms with Crippen molar-refractivity contribution in [3.05, 3.63) is 11.6 Å². The van der Waals surface area contributed by atoms with Gasteiger partial charge in [0.15, 0.2) is 0 Å². The summed E-state index contributed by atoms with van der Waals surface area (Å²) in [5.41, 5.74) is 10.3. The van der Waals surface area contributed by atoms with E-state index in [9.17, 15) is 9.59 Å². The number of rotatable bonds is 4. The molecule has 0 atom stereocenters. The number of primary amides is 1. The molecule has 0 aromatic carbocycles. The molecule has 4 N–H and O–H groups in total. The maximum Gasteiger partial charge on any atom is 0.244 e. The zero-order chi connectivity index (χ0) is 7.98. The highest BCUT2D eigenvalue weighted by Crippen LogP contribution is 1.95. The molecule has 0 spiro atoms. The van der Waals surface area contributed by atoms with Gasteiger partial charge >= 0.3 is 0 Å². The topological polar surface area (TPSA) is 86.2 Å². The van der Waals surface area contributed by atoms with Gasteiger partial charge in [-0.1, -0.05) is 0 Å². The van der Waals surface area contributed by atoms with Gasteiger partial charge < -0.3 is 11.5 Å². The average Bonchev–Trinajstić information content (AvgIpc) is 1.87. The quantitative estimate of drug-likeness (QED) is 0.387. The van der Waals surface area contributed by atoms with Crippen LogP contribution in [0, 0.1) is 0 Å². The Morgan fingerprint density at radius 3 is 2.40 bits per heavy atom. The molecular weight excluding hydrogens is 132 g/mol. The Bertz CT molecular complexity index is 163. The van der Waals surface area contributed by atoms with Gasteiger partial charge in [0, 0.05) is 5.57 Å². The van der Waals surface area contributed by atoms with Crippen LogP contribution in [-0.4, -0.2) is 18.7 Å². The molecule has 0 aliphatic carbocycles. The summed E-state index contributed by atoms with van der Waals surface area (Å²) >= 11 is 0. The lowest BCUT2D eigenvalue weighted by Crippen LogP contribution is -2.16. The lowest BCUT2D eigenvalue weighted by atomic mass is 10.2. The van der Waals surface area contributed by atoms with E-state index in [1.165, 1.54) is 0 Å².